The van der Waals surface area contributed by atoms with Gasteiger partial charge in [-0.3, -0.25) is 23.8 Å². The van der Waals surface area contributed by atoms with Gasteiger partial charge < -0.3 is 15.4 Å². The number of hydrogen-bond donors (Lipinski definition) is 3. The number of hydrogen-bond acceptors (Lipinski definition) is 7. The molecule has 2 aromatic heterocycles. The van der Waals surface area contributed by atoms with Crippen molar-refractivity contribution < 1.29 is 40.5 Å². The highest BCUT2D eigenvalue weighted by molar-refractivity contribution is 7.85. The molecule has 1 aliphatic rings. The number of ether oxygens (including phenoxy) is 1. The summed E-state index contributed by atoms with van der Waals surface area (Å²) in [5.41, 5.74) is -0.356. The number of carbonyl (C=O) groups is 2. The van der Waals surface area contributed by atoms with Crippen LogP contribution in [0.15, 0.2) is 67.3 Å². The molecular weight excluding hydrogens is 579 g/mol. The zero-order chi connectivity index (χ0) is 30.7. The molecule has 11 nitrogen and oxygen atoms in total. The average molecular weight is 604 g/mol. The second-order valence-corrected chi connectivity index (χ2v) is 10.8. The van der Waals surface area contributed by atoms with Gasteiger partial charge in [0, 0.05) is 54.6 Å². The van der Waals surface area contributed by atoms with Crippen molar-refractivity contribution in [2.45, 2.75) is 12.8 Å². The Morgan fingerprint density at radius 2 is 1.62 bits per heavy atom. The molecule has 0 spiro atoms. The van der Waals surface area contributed by atoms with E-state index in [2.05, 4.69) is 20.7 Å². The number of carbonyl (C=O) groups excluding carboxylic acids is 2. The van der Waals surface area contributed by atoms with Gasteiger partial charge >= 0.3 is 0 Å². The monoisotopic (exact) mass is 603 g/mol. The van der Waals surface area contributed by atoms with Gasteiger partial charge in [0.2, 0.25) is 11.8 Å². The molecule has 1 saturated carbocycles. The van der Waals surface area contributed by atoms with Crippen LogP contribution in [-0.4, -0.2) is 45.8 Å². The van der Waals surface area contributed by atoms with Crippen LogP contribution in [0.4, 0.5) is 24.5 Å². The number of benzene rings is 2. The molecule has 0 radical (unpaired) electrons. The first-order valence-electron chi connectivity index (χ1n) is 12.2. The third-order valence-electron chi connectivity index (χ3n) is 6.01. The van der Waals surface area contributed by atoms with Crippen LogP contribution >= 0.6 is 0 Å². The van der Waals surface area contributed by atoms with Gasteiger partial charge in [-0.2, -0.15) is 13.5 Å². The van der Waals surface area contributed by atoms with Crippen LogP contribution < -0.4 is 15.4 Å². The van der Waals surface area contributed by atoms with Gasteiger partial charge in [0.15, 0.2) is 17.4 Å². The molecule has 4 aromatic rings. The number of pyridine rings is 1. The minimum Gasteiger partial charge on any atom is -0.453 e. The fraction of sp³-hybridized carbons (Fsp3) is 0.185. The van der Waals surface area contributed by atoms with Crippen molar-refractivity contribution in [3.8, 4) is 22.6 Å². The van der Waals surface area contributed by atoms with E-state index in [1.165, 1.54) is 42.7 Å². The zero-order valence-corrected chi connectivity index (χ0v) is 23.0. The van der Waals surface area contributed by atoms with Gasteiger partial charge in [0.1, 0.15) is 17.0 Å². The van der Waals surface area contributed by atoms with Crippen molar-refractivity contribution in [2.75, 3.05) is 16.9 Å². The van der Waals surface area contributed by atoms with E-state index in [1.807, 2.05) is 0 Å². The van der Waals surface area contributed by atoms with Crippen LogP contribution in [0.3, 0.4) is 0 Å². The Bertz CT molecular complexity index is 1730. The lowest BCUT2D eigenvalue weighted by Crippen LogP contribution is -2.35. The lowest BCUT2D eigenvalue weighted by Gasteiger charge is -2.17. The maximum Gasteiger partial charge on any atom is 0.261 e. The van der Waals surface area contributed by atoms with Gasteiger partial charge in [-0.25, -0.2) is 13.2 Å². The highest BCUT2D eigenvalue weighted by atomic mass is 32.2. The number of anilines is 2. The molecule has 2 aromatic carbocycles. The molecule has 3 N–H and O–H groups in total. The Labute approximate surface area is 238 Å². The van der Waals surface area contributed by atoms with Gasteiger partial charge in [0.25, 0.3) is 10.1 Å². The quantitative estimate of drug-likeness (QED) is 0.206. The van der Waals surface area contributed by atoms with Crippen LogP contribution in [0.25, 0.3) is 11.1 Å². The number of nitrogens with zero attached hydrogens (tertiary/aromatic N) is 3. The van der Waals surface area contributed by atoms with Gasteiger partial charge in [0.05, 0.1) is 18.1 Å². The van der Waals surface area contributed by atoms with E-state index in [1.54, 1.807) is 24.1 Å². The van der Waals surface area contributed by atoms with E-state index in [-0.39, 0.29) is 18.6 Å². The smallest absolute Gasteiger partial charge is 0.261 e. The molecule has 0 atom stereocenters. The second kappa shape index (κ2) is 12.0. The molecule has 1 fully saturated rings. The number of nitrogens with one attached hydrogen (secondary N) is 2. The third-order valence-corrected chi connectivity index (χ3v) is 6.01. The van der Waals surface area contributed by atoms with E-state index in [0.29, 0.717) is 23.1 Å². The van der Waals surface area contributed by atoms with Crippen molar-refractivity contribution in [1.82, 2.24) is 14.8 Å². The Morgan fingerprint density at radius 3 is 2.21 bits per heavy atom. The lowest BCUT2D eigenvalue weighted by molar-refractivity contribution is -0.131. The standard InChI is InChI=1S/C26H20F3N5O3.CH4O3S/c1-34-14-15(12-31-34)18-13-30-9-6-22(18)37-23-11-19(28)21(10-20(23)29)33-25(36)26(7-8-26)24(35)32-17-4-2-16(27)3-5-17;1-5(2,3)4/h2-6,9-14H,7-8H2,1H3,(H,32,35)(H,33,36);1H3,(H,2,3,4). The molecule has 0 bridgehead atoms. The van der Waals surface area contributed by atoms with E-state index >= 15 is 0 Å². The van der Waals surface area contributed by atoms with Crippen molar-refractivity contribution in [2.24, 2.45) is 12.5 Å². The van der Waals surface area contributed by atoms with Crippen LogP contribution in [0.2, 0.25) is 0 Å². The highest BCUT2D eigenvalue weighted by Gasteiger charge is 2.56. The molecule has 2 heterocycles. The van der Waals surface area contributed by atoms with Crippen LogP contribution in [0.5, 0.6) is 11.5 Å². The summed E-state index contributed by atoms with van der Waals surface area (Å²) < 4.78 is 76.0. The molecule has 2 amide bonds. The number of aryl methyl sites for hydroxylation is 1. The molecule has 0 aliphatic heterocycles. The first kappa shape index (κ1) is 30.2. The van der Waals surface area contributed by atoms with Crippen LogP contribution in [0.1, 0.15) is 12.8 Å². The minimum atomic E-state index is -3.67. The predicted octanol–water partition coefficient (Wildman–Crippen LogP) is 4.55. The minimum absolute atomic E-state index is 0.229. The summed E-state index contributed by atoms with van der Waals surface area (Å²) in [4.78, 5) is 29.6. The van der Waals surface area contributed by atoms with E-state index in [9.17, 15) is 31.2 Å². The van der Waals surface area contributed by atoms with Crippen molar-refractivity contribution in [1.29, 1.82) is 0 Å². The summed E-state index contributed by atoms with van der Waals surface area (Å²) in [6, 6.07) is 8.17. The summed E-state index contributed by atoms with van der Waals surface area (Å²) >= 11 is 0. The van der Waals surface area contributed by atoms with E-state index < -0.39 is 56.2 Å². The summed E-state index contributed by atoms with van der Waals surface area (Å²) in [6.45, 7) is 0. The number of aromatic nitrogens is 3. The molecule has 5 rings (SSSR count). The summed E-state index contributed by atoms with van der Waals surface area (Å²) in [5.74, 6) is -3.90. The summed E-state index contributed by atoms with van der Waals surface area (Å²) in [7, 11) is -1.93. The van der Waals surface area contributed by atoms with Gasteiger partial charge in [-0.05, 0) is 43.2 Å². The normalized spacial score (nSPS) is 13.4. The Hall–Kier alpha value is -4.76. The average Bonchev–Trinajstić information content (AvgIpc) is 3.62. The molecule has 220 valence electrons. The predicted molar refractivity (Wildman–Crippen MR) is 146 cm³/mol. The molecule has 0 unspecified atom stereocenters. The van der Waals surface area contributed by atoms with E-state index in [0.717, 1.165) is 12.1 Å². The van der Waals surface area contributed by atoms with Crippen molar-refractivity contribution in [3.63, 3.8) is 0 Å². The van der Waals surface area contributed by atoms with E-state index in [4.69, 9.17) is 9.29 Å². The summed E-state index contributed by atoms with van der Waals surface area (Å²) in [6.07, 6.45) is 7.45. The maximum absolute atomic E-state index is 14.9. The Kier molecular flexibility index (Phi) is 8.63. The summed E-state index contributed by atoms with van der Waals surface area (Å²) in [5, 5.41) is 8.96. The Balaban J connectivity index is 0.000000748. The van der Waals surface area contributed by atoms with Crippen molar-refractivity contribution in [3.05, 3.63) is 84.7 Å². The highest BCUT2D eigenvalue weighted by Crippen LogP contribution is 2.48. The first-order valence-corrected chi connectivity index (χ1v) is 14.0. The molecule has 42 heavy (non-hydrogen) atoms. The zero-order valence-electron chi connectivity index (χ0n) is 22.1. The fourth-order valence-electron chi connectivity index (χ4n) is 3.78. The second-order valence-electron chi connectivity index (χ2n) is 9.37. The van der Waals surface area contributed by atoms with Gasteiger partial charge in [-0.15, -0.1) is 0 Å². The topological polar surface area (TPSA) is 153 Å². The number of rotatable bonds is 7. The van der Waals surface area contributed by atoms with Crippen molar-refractivity contribution >= 4 is 33.3 Å². The molecule has 15 heteroatoms. The van der Waals surface area contributed by atoms with Crippen LogP contribution in [-0.2, 0) is 26.8 Å². The molecule has 0 saturated heterocycles. The van der Waals surface area contributed by atoms with Crippen LogP contribution in [0, 0.1) is 22.9 Å². The Morgan fingerprint density at radius 1 is 0.976 bits per heavy atom. The van der Waals surface area contributed by atoms with Gasteiger partial charge in [-0.1, -0.05) is 0 Å². The largest absolute Gasteiger partial charge is 0.453 e. The lowest BCUT2D eigenvalue weighted by atomic mass is 10.0. The SMILES string of the molecule is CS(=O)(=O)O.Cn1cc(-c2cnccc2Oc2cc(F)c(NC(=O)C3(C(=O)Nc4ccc(F)cc4)CC3)cc2F)cn1. The first-order chi connectivity index (χ1) is 19.7. The third kappa shape index (κ3) is 7.50. The number of amides is 2. The molecular formula is C27H24F3N5O6S. The number of halogens is 3. The fourth-order valence-corrected chi connectivity index (χ4v) is 3.78. The maximum atomic E-state index is 14.9. The molecule has 1 aliphatic carbocycles.